The number of carboxylic acid groups (broad SMARTS) is 1. The molecule has 6 nitrogen and oxygen atoms in total. The molecule has 0 aromatic carbocycles. The maximum atomic E-state index is 11.1. The molecule has 0 aromatic rings. The normalized spacial score (nSPS) is 12.3. The summed E-state index contributed by atoms with van der Waals surface area (Å²) in [6, 6.07) is -1.30. The number of carboxylic acids is 1. The van der Waals surface area contributed by atoms with Crippen LogP contribution in [0.1, 0.15) is 13.3 Å². The maximum Gasteiger partial charge on any atom is 0.325 e. The van der Waals surface area contributed by atoms with E-state index < -0.39 is 18.0 Å². The number of hydrogen-bond donors (Lipinski definition) is 3. The number of aliphatic carboxylic acids is 1. The van der Waals surface area contributed by atoms with Gasteiger partial charge in [-0.15, -0.1) is 0 Å². The second-order valence-corrected chi connectivity index (χ2v) is 3.62. The summed E-state index contributed by atoms with van der Waals surface area (Å²) in [6.07, 6.45) is 0.835. The molecule has 0 aliphatic carbocycles. The lowest BCUT2D eigenvalue weighted by molar-refractivity contribution is -0.138. The van der Waals surface area contributed by atoms with Crippen LogP contribution in [0.4, 0.5) is 4.79 Å². The number of amides is 2. The Hall–Kier alpha value is -1.30. The fraction of sp³-hybridized carbons (Fsp3) is 0.778. The van der Waals surface area contributed by atoms with Crippen molar-refractivity contribution < 1.29 is 14.7 Å². The Morgan fingerprint density at radius 3 is 2.47 bits per heavy atom. The highest BCUT2D eigenvalue weighted by atomic mass is 16.4. The Morgan fingerprint density at radius 2 is 2.00 bits per heavy atom. The van der Waals surface area contributed by atoms with Gasteiger partial charge in [0.1, 0.15) is 6.04 Å². The fourth-order valence-electron chi connectivity index (χ4n) is 0.907. The van der Waals surface area contributed by atoms with E-state index in [1.54, 1.807) is 0 Å². The van der Waals surface area contributed by atoms with Crippen molar-refractivity contribution in [3.63, 3.8) is 0 Å². The van der Waals surface area contributed by atoms with Gasteiger partial charge in [-0.05, 0) is 34.0 Å². The van der Waals surface area contributed by atoms with E-state index >= 15 is 0 Å². The number of carbonyl (C=O) groups is 2. The summed E-state index contributed by atoms with van der Waals surface area (Å²) in [7, 11) is 3.90. The second kappa shape index (κ2) is 7.05. The van der Waals surface area contributed by atoms with E-state index in [1.165, 1.54) is 6.92 Å². The predicted octanol–water partition coefficient (Wildman–Crippen LogP) is -0.290. The van der Waals surface area contributed by atoms with E-state index in [9.17, 15) is 9.59 Å². The maximum absolute atomic E-state index is 11.1. The van der Waals surface area contributed by atoms with Crippen molar-refractivity contribution in [1.29, 1.82) is 0 Å². The van der Waals surface area contributed by atoms with Crippen LogP contribution in [-0.4, -0.2) is 55.2 Å². The monoisotopic (exact) mass is 217 g/mol. The summed E-state index contributed by atoms with van der Waals surface area (Å²) in [5, 5.41) is 13.4. The number of urea groups is 1. The van der Waals surface area contributed by atoms with Crippen LogP contribution < -0.4 is 10.6 Å². The average molecular weight is 217 g/mol. The first kappa shape index (κ1) is 13.7. The van der Waals surface area contributed by atoms with Gasteiger partial charge in [-0.2, -0.15) is 0 Å². The summed E-state index contributed by atoms with van der Waals surface area (Å²) in [4.78, 5) is 23.5. The van der Waals surface area contributed by atoms with Gasteiger partial charge in [-0.1, -0.05) is 0 Å². The topological polar surface area (TPSA) is 81.7 Å². The van der Waals surface area contributed by atoms with Crippen LogP contribution in [0.2, 0.25) is 0 Å². The van der Waals surface area contributed by atoms with Crippen LogP contribution >= 0.6 is 0 Å². The molecule has 0 aliphatic rings. The molecule has 0 saturated heterocycles. The van der Waals surface area contributed by atoms with Crippen LogP contribution in [0.3, 0.4) is 0 Å². The molecule has 3 N–H and O–H groups in total. The molecule has 1 atom stereocenters. The van der Waals surface area contributed by atoms with Crippen LogP contribution in [-0.2, 0) is 4.79 Å². The first-order chi connectivity index (χ1) is 6.93. The molecule has 0 fully saturated rings. The molecule has 88 valence electrons. The van der Waals surface area contributed by atoms with Gasteiger partial charge in [0.15, 0.2) is 0 Å². The van der Waals surface area contributed by atoms with Gasteiger partial charge in [0.25, 0.3) is 0 Å². The molecular weight excluding hydrogens is 198 g/mol. The van der Waals surface area contributed by atoms with E-state index in [4.69, 9.17) is 5.11 Å². The minimum Gasteiger partial charge on any atom is -0.480 e. The van der Waals surface area contributed by atoms with E-state index in [2.05, 4.69) is 10.6 Å². The van der Waals surface area contributed by atoms with Crippen molar-refractivity contribution in [2.24, 2.45) is 0 Å². The van der Waals surface area contributed by atoms with Crippen molar-refractivity contribution in [2.75, 3.05) is 27.2 Å². The number of nitrogens with one attached hydrogen (secondary N) is 2. The summed E-state index contributed by atoms with van der Waals surface area (Å²) >= 11 is 0. The molecule has 0 aromatic heterocycles. The van der Waals surface area contributed by atoms with Crippen molar-refractivity contribution in [2.45, 2.75) is 19.4 Å². The zero-order valence-electron chi connectivity index (χ0n) is 9.41. The smallest absolute Gasteiger partial charge is 0.325 e. The van der Waals surface area contributed by atoms with E-state index in [1.807, 2.05) is 19.0 Å². The average Bonchev–Trinajstić information content (AvgIpc) is 2.12. The van der Waals surface area contributed by atoms with E-state index in [0.29, 0.717) is 6.54 Å². The first-order valence-corrected chi connectivity index (χ1v) is 4.85. The van der Waals surface area contributed by atoms with Crippen molar-refractivity contribution in [3.8, 4) is 0 Å². The number of carbonyl (C=O) groups excluding carboxylic acids is 1. The molecule has 0 radical (unpaired) electrons. The van der Waals surface area contributed by atoms with Gasteiger partial charge in [0.2, 0.25) is 0 Å². The van der Waals surface area contributed by atoms with Crippen LogP contribution in [0.25, 0.3) is 0 Å². The van der Waals surface area contributed by atoms with Crippen molar-refractivity contribution >= 4 is 12.0 Å². The Bertz CT molecular complexity index is 219. The molecule has 0 heterocycles. The third-order valence-electron chi connectivity index (χ3n) is 1.79. The van der Waals surface area contributed by atoms with Gasteiger partial charge < -0.3 is 20.6 Å². The second-order valence-electron chi connectivity index (χ2n) is 3.62. The highest BCUT2D eigenvalue weighted by Gasteiger charge is 2.12. The summed E-state index contributed by atoms with van der Waals surface area (Å²) in [5.74, 6) is -1.04. The van der Waals surface area contributed by atoms with Gasteiger partial charge in [-0.3, -0.25) is 4.79 Å². The lowest BCUT2D eigenvalue weighted by Crippen LogP contribution is -2.44. The van der Waals surface area contributed by atoms with Crippen LogP contribution in [0.15, 0.2) is 0 Å². The number of nitrogens with zero attached hydrogens (tertiary/aromatic N) is 1. The van der Waals surface area contributed by atoms with Crippen molar-refractivity contribution in [1.82, 2.24) is 15.5 Å². The summed E-state index contributed by atoms with van der Waals surface area (Å²) in [5.41, 5.74) is 0. The highest BCUT2D eigenvalue weighted by Crippen LogP contribution is 1.83. The third kappa shape index (κ3) is 7.75. The first-order valence-electron chi connectivity index (χ1n) is 4.85. The standard InChI is InChI=1S/C9H19N3O3/c1-7(8(13)14)11-9(15)10-5-4-6-12(2)3/h7H,4-6H2,1-3H3,(H,13,14)(H2,10,11,15). The Morgan fingerprint density at radius 1 is 1.40 bits per heavy atom. The minimum absolute atomic E-state index is 0.441. The Kier molecular flexibility index (Phi) is 6.44. The van der Waals surface area contributed by atoms with Crippen LogP contribution in [0.5, 0.6) is 0 Å². The molecule has 6 heteroatoms. The molecule has 0 aliphatic heterocycles. The van der Waals surface area contributed by atoms with Gasteiger partial charge in [0, 0.05) is 6.54 Å². The largest absolute Gasteiger partial charge is 0.480 e. The van der Waals surface area contributed by atoms with Gasteiger partial charge in [-0.25, -0.2) is 4.79 Å². The predicted molar refractivity (Wildman–Crippen MR) is 56.8 cm³/mol. The number of hydrogen-bond acceptors (Lipinski definition) is 3. The lowest BCUT2D eigenvalue weighted by atomic mass is 10.3. The quantitative estimate of drug-likeness (QED) is 0.534. The Labute approximate surface area is 89.6 Å². The SMILES string of the molecule is CC(NC(=O)NCCCN(C)C)C(=O)O. The van der Waals surface area contributed by atoms with E-state index in [-0.39, 0.29) is 0 Å². The molecule has 0 rings (SSSR count). The highest BCUT2D eigenvalue weighted by molar-refractivity contribution is 5.82. The van der Waals surface area contributed by atoms with Crippen LogP contribution in [0, 0.1) is 0 Å². The fourth-order valence-corrected chi connectivity index (χ4v) is 0.907. The summed E-state index contributed by atoms with van der Waals surface area (Å²) < 4.78 is 0. The third-order valence-corrected chi connectivity index (χ3v) is 1.79. The van der Waals surface area contributed by atoms with Gasteiger partial charge >= 0.3 is 12.0 Å². The van der Waals surface area contributed by atoms with Gasteiger partial charge in [0.05, 0.1) is 0 Å². The molecular formula is C9H19N3O3. The molecule has 15 heavy (non-hydrogen) atoms. The van der Waals surface area contributed by atoms with E-state index in [0.717, 1.165) is 13.0 Å². The summed E-state index contributed by atoms with van der Waals surface area (Å²) in [6.45, 7) is 2.84. The van der Waals surface area contributed by atoms with Crippen molar-refractivity contribution in [3.05, 3.63) is 0 Å². The minimum atomic E-state index is -1.04. The molecule has 0 saturated carbocycles. The Balaban J connectivity index is 3.54. The molecule has 1 unspecified atom stereocenters. The molecule has 2 amide bonds. The number of rotatable bonds is 6. The lowest BCUT2D eigenvalue weighted by Gasteiger charge is -2.12. The zero-order valence-corrected chi connectivity index (χ0v) is 9.41. The molecule has 0 bridgehead atoms. The zero-order chi connectivity index (χ0) is 11.8. The molecule has 0 spiro atoms.